The van der Waals surface area contributed by atoms with E-state index < -0.39 is 5.41 Å². The predicted octanol–water partition coefficient (Wildman–Crippen LogP) is 3.12. The second-order valence-corrected chi connectivity index (χ2v) is 6.73. The lowest BCUT2D eigenvalue weighted by atomic mass is 9.76. The van der Waals surface area contributed by atoms with E-state index in [9.17, 15) is 4.79 Å². The van der Waals surface area contributed by atoms with Crippen molar-refractivity contribution in [2.75, 3.05) is 26.4 Å². The van der Waals surface area contributed by atoms with E-state index in [2.05, 4.69) is 25.3 Å². The first-order valence-corrected chi connectivity index (χ1v) is 8.82. The molecule has 0 spiro atoms. The molecular weight excluding hydrogens is 356 g/mol. The maximum absolute atomic E-state index is 12.9. The van der Waals surface area contributed by atoms with Gasteiger partial charge >= 0.3 is 5.97 Å². The van der Waals surface area contributed by atoms with Crippen LogP contribution in [0.15, 0.2) is 58.3 Å². The molecule has 0 aliphatic carbocycles. The highest BCUT2D eigenvalue weighted by molar-refractivity contribution is 7.80. The van der Waals surface area contributed by atoms with E-state index in [0.29, 0.717) is 0 Å². The van der Waals surface area contributed by atoms with Crippen LogP contribution in [-0.2, 0) is 19.7 Å². The van der Waals surface area contributed by atoms with Gasteiger partial charge in [0.1, 0.15) is 12.0 Å². The van der Waals surface area contributed by atoms with E-state index >= 15 is 0 Å². The van der Waals surface area contributed by atoms with Gasteiger partial charge in [-0.15, -0.1) is 25.3 Å². The molecule has 0 unspecified atom stereocenters. The molecule has 0 fully saturated rings. The van der Waals surface area contributed by atoms with Crippen LogP contribution in [0.2, 0.25) is 0 Å². The lowest BCUT2D eigenvalue weighted by molar-refractivity contribution is -0.150. The van der Waals surface area contributed by atoms with Crippen LogP contribution >= 0.6 is 25.3 Å². The average molecular weight is 379 g/mol. The summed E-state index contributed by atoms with van der Waals surface area (Å²) < 4.78 is 10.6. The van der Waals surface area contributed by atoms with Crippen LogP contribution in [0.3, 0.4) is 0 Å². The minimum absolute atomic E-state index is 0.0604. The monoisotopic (exact) mass is 378 g/mol. The quantitative estimate of drug-likeness (QED) is 0.375. The topological polar surface area (TPSA) is 55.8 Å². The van der Waals surface area contributed by atoms with Crippen LogP contribution in [0, 0.1) is 0 Å². The van der Waals surface area contributed by atoms with Crippen molar-refractivity contribution in [1.29, 1.82) is 0 Å². The van der Waals surface area contributed by atoms with Gasteiger partial charge in [0.15, 0.2) is 0 Å². The largest absolute Gasteiger partial charge is 0.462 e. The van der Waals surface area contributed by atoms with Crippen molar-refractivity contribution in [3.63, 3.8) is 0 Å². The zero-order valence-electron chi connectivity index (χ0n) is 14.0. The lowest BCUT2D eigenvalue weighted by Gasteiger charge is -2.29. The molecule has 2 aromatic carbocycles. The molecule has 25 heavy (non-hydrogen) atoms. The minimum Gasteiger partial charge on any atom is -0.462 e. The Labute approximate surface area is 159 Å². The zero-order valence-corrected chi connectivity index (χ0v) is 15.8. The van der Waals surface area contributed by atoms with Gasteiger partial charge in [0.25, 0.3) is 0 Å². The SMILES string of the molecule is CC(C(=O)OCCOCCO)(c1cccc(S)c1)c1cccc(S)c1. The Balaban J connectivity index is 2.31. The van der Waals surface area contributed by atoms with Gasteiger partial charge in [0, 0.05) is 9.79 Å². The molecule has 1 N–H and O–H groups in total. The fraction of sp³-hybridized carbons (Fsp3) is 0.316. The van der Waals surface area contributed by atoms with Gasteiger partial charge in [-0.2, -0.15) is 0 Å². The van der Waals surface area contributed by atoms with Crippen molar-refractivity contribution < 1.29 is 19.4 Å². The summed E-state index contributed by atoms with van der Waals surface area (Å²) in [7, 11) is 0. The number of aliphatic hydroxyl groups is 1. The summed E-state index contributed by atoms with van der Waals surface area (Å²) in [5.74, 6) is -0.377. The molecule has 2 aromatic rings. The van der Waals surface area contributed by atoms with Crippen LogP contribution in [0.25, 0.3) is 0 Å². The molecule has 0 amide bonds. The number of benzene rings is 2. The smallest absolute Gasteiger partial charge is 0.320 e. The summed E-state index contributed by atoms with van der Waals surface area (Å²) in [5, 5.41) is 8.71. The van der Waals surface area contributed by atoms with Crippen LogP contribution in [-0.4, -0.2) is 37.5 Å². The fourth-order valence-corrected chi connectivity index (χ4v) is 2.99. The van der Waals surface area contributed by atoms with Crippen molar-refractivity contribution in [3.05, 3.63) is 59.7 Å². The van der Waals surface area contributed by atoms with Gasteiger partial charge < -0.3 is 14.6 Å². The van der Waals surface area contributed by atoms with E-state index in [1.54, 1.807) is 0 Å². The molecule has 0 heterocycles. The van der Waals surface area contributed by atoms with Gasteiger partial charge in [0.2, 0.25) is 0 Å². The second kappa shape index (κ2) is 9.29. The van der Waals surface area contributed by atoms with Crippen molar-refractivity contribution >= 4 is 31.2 Å². The number of aliphatic hydroxyl groups excluding tert-OH is 1. The number of carbonyl (C=O) groups is 1. The molecule has 0 aromatic heterocycles. The van der Waals surface area contributed by atoms with Gasteiger partial charge in [-0.1, -0.05) is 24.3 Å². The first-order chi connectivity index (χ1) is 12.0. The molecule has 2 rings (SSSR count). The Morgan fingerprint density at radius 2 is 1.56 bits per heavy atom. The molecule has 0 saturated heterocycles. The predicted molar refractivity (Wildman–Crippen MR) is 103 cm³/mol. The van der Waals surface area contributed by atoms with E-state index in [-0.39, 0.29) is 32.4 Å². The molecular formula is C19H22O4S2. The molecule has 0 radical (unpaired) electrons. The highest BCUT2D eigenvalue weighted by atomic mass is 32.1. The van der Waals surface area contributed by atoms with Crippen molar-refractivity contribution in [3.8, 4) is 0 Å². The van der Waals surface area contributed by atoms with Crippen LogP contribution in [0.1, 0.15) is 18.1 Å². The highest BCUT2D eigenvalue weighted by Crippen LogP contribution is 2.35. The number of ether oxygens (including phenoxy) is 2. The average Bonchev–Trinajstić information content (AvgIpc) is 2.60. The van der Waals surface area contributed by atoms with Crippen LogP contribution in [0.4, 0.5) is 0 Å². The molecule has 0 saturated carbocycles. The Hall–Kier alpha value is -1.47. The van der Waals surface area contributed by atoms with Crippen molar-refractivity contribution in [2.24, 2.45) is 0 Å². The van der Waals surface area contributed by atoms with Gasteiger partial charge in [-0.05, 0) is 42.3 Å². The Morgan fingerprint density at radius 3 is 2.04 bits per heavy atom. The van der Waals surface area contributed by atoms with Crippen LogP contribution < -0.4 is 0 Å². The van der Waals surface area contributed by atoms with Gasteiger partial charge in [0.05, 0.1) is 19.8 Å². The van der Waals surface area contributed by atoms with Gasteiger partial charge in [-0.3, -0.25) is 4.79 Å². The summed E-state index contributed by atoms with van der Waals surface area (Å²) in [6.45, 7) is 2.35. The highest BCUT2D eigenvalue weighted by Gasteiger charge is 2.39. The van der Waals surface area contributed by atoms with E-state index in [0.717, 1.165) is 20.9 Å². The van der Waals surface area contributed by atoms with Crippen molar-refractivity contribution in [1.82, 2.24) is 0 Å². The second-order valence-electron chi connectivity index (χ2n) is 5.70. The summed E-state index contributed by atoms with van der Waals surface area (Å²) in [6, 6.07) is 14.9. The van der Waals surface area contributed by atoms with E-state index in [1.165, 1.54) is 0 Å². The fourth-order valence-electron chi connectivity index (χ4n) is 2.54. The maximum Gasteiger partial charge on any atom is 0.320 e. The molecule has 4 nitrogen and oxygen atoms in total. The summed E-state index contributed by atoms with van der Waals surface area (Å²) in [4.78, 5) is 14.5. The Kier molecular flexibility index (Phi) is 7.38. The molecule has 134 valence electrons. The van der Waals surface area contributed by atoms with E-state index in [1.807, 2.05) is 55.5 Å². The molecule has 6 heteroatoms. The Morgan fingerprint density at radius 1 is 1.00 bits per heavy atom. The first-order valence-electron chi connectivity index (χ1n) is 7.93. The summed E-state index contributed by atoms with van der Waals surface area (Å²) in [5.41, 5.74) is 0.592. The van der Waals surface area contributed by atoms with E-state index in [4.69, 9.17) is 14.6 Å². The standard InChI is InChI=1S/C19H22O4S2/c1-19(14-4-2-6-16(24)12-14,15-5-3-7-17(25)13-15)18(21)23-11-10-22-9-8-20/h2-7,12-13,20,24-25H,8-11H2,1H3. The van der Waals surface area contributed by atoms with Gasteiger partial charge in [-0.25, -0.2) is 0 Å². The number of carbonyl (C=O) groups excluding carboxylic acids is 1. The maximum atomic E-state index is 12.9. The summed E-state index contributed by atoms with van der Waals surface area (Å²) in [6.07, 6.45) is 0. The zero-order chi connectivity index (χ0) is 18.3. The third-order valence-corrected chi connectivity index (χ3v) is 4.51. The molecule has 0 aliphatic heterocycles. The molecule has 0 aliphatic rings. The number of thiol groups is 2. The molecule has 0 bridgehead atoms. The third kappa shape index (κ3) is 5.01. The lowest BCUT2D eigenvalue weighted by Crippen LogP contribution is -2.36. The molecule has 0 atom stereocenters. The minimum atomic E-state index is -0.992. The van der Waals surface area contributed by atoms with Crippen LogP contribution in [0.5, 0.6) is 0 Å². The number of esters is 1. The number of hydrogen-bond donors (Lipinski definition) is 3. The first kappa shape index (κ1) is 19.8. The third-order valence-electron chi connectivity index (χ3n) is 3.95. The number of rotatable bonds is 8. The summed E-state index contributed by atoms with van der Waals surface area (Å²) >= 11 is 8.77. The Bertz CT molecular complexity index is 673. The normalized spacial score (nSPS) is 11.4. The number of hydrogen-bond acceptors (Lipinski definition) is 6. The van der Waals surface area contributed by atoms with Crippen molar-refractivity contribution in [2.45, 2.75) is 22.1 Å².